The summed E-state index contributed by atoms with van der Waals surface area (Å²) in [7, 11) is -3.99. The Labute approximate surface area is 177 Å². The van der Waals surface area contributed by atoms with E-state index in [2.05, 4.69) is 15.3 Å². The van der Waals surface area contributed by atoms with Crippen LogP contribution in [0, 0.1) is 0 Å². The molecule has 160 valence electrons. The lowest BCUT2D eigenvalue weighted by molar-refractivity contribution is -0.118. The zero-order valence-electron chi connectivity index (χ0n) is 16.4. The molecule has 2 aromatic carbocycles. The van der Waals surface area contributed by atoms with Crippen LogP contribution in [0.3, 0.4) is 0 Å². The Morgan fingerprint density at radius 2 is 1.71 bits per heavy atom. The van der Waals surface area contributed by atoms with E-state index in [1.165, 1.54) is 48.5 Å². The van der Waals surface area contributed by atoms with Gasteiger partial charge in [-0.25, -0.2) is 17.9 Å². The molecule has 1 aliphatic heterocycles. The van der Waals surface area contributed by atoms with Crippen LogP contribution in [0.25, 0.3) is 0 Å². The first kappa shape index (κ1) is 21.8. The lowest BCUT2D eigenvalue weighted by Gasteiger charge is -2.13. The number of carboxylic acids is 1. The first-order chi connectivity index (χ1) is 14.6. The smallest absolute Gasteiger partial charge is 0.335 e. The SMILES string of the molecule is CC(=O)NS(=O)(=O)c1ccc(N2N=C(C)C(N=Nc3ccc(C(=O)O)cc3)C2=O)cc1. The molecule has 0 saturated heterocycles. The molecule has 1 unspecified atom stereocenters. The van der Waals surface area contributed by atoms with Gasteiger partial charge in [0.05, 0.1) is 27.5 Å². The number of nitrogens with one attached hydrogen (secondary N) is 1. The molecule has 3 rings (SSSR count). The van der Waals surface area contributed by atoms with Crippen molar-refractivity contribution in [2.45, 2.75) is 24.8 Å². The van der Waals surface area contributed by atoms with Gasteiger partial charge in [0.2, 0.25) is 5.91 Å². The van der Waals surface area contributed by atoms with E-state index in [-0.39, 0.29) is 10.5 Å². The maximum Gasteiger partial charge on any atom is 0.335 e. The highest BCUT2D eigenvalue weighted by molar-refractivity contribution is 7.90. The van der Waals surface area contributed by atoms with Gasteiger partial charge in [0.25, 0.3) is 15.9 Å². The fourth-order valence-electron chi connectivity index (χ4n) is 2.68. The van der Waals surface area contributed by atoms with Gasteiger partial charge in [0.1, 0.15) is 0 Å². The number of benzene rings is 2. The number of azo groups is 1. The number of carboxylic acid groups (broad SMARTS) is 1. The van der Waals surface area contributed by atoms with Crippen molar-refractivity contribution >= 4 is 44.9 Å². The molecule has 0 saturated carbocycles. The van der Waals surface area contributed by atoms with Crippen LogP contribution in [0.1, 0.15) is 24.2 Å². The second-order valence-electron chi connectivity index (χ2n) is 6.52. The Morgan fingerprint density at radius 1 is 1.10 bits per heavy atom. The number of rotatable bonds is 6. The fourth-order valence-corrected chi connectivity index (χ4v) is 3.67. The van der Waals surface area contributed by atoms with Crippen molar-refractivity contribution in [1.82, 2.24) is 4.72 Å². The third kappa shape index (κ3) is 4.80. The van der Waals surface area contributed by atoms with E-state index in [0.717, 1.165) is 11.9 Å². The lowest BCUT2D eigenvalue weighted by atomic mass is 10.2. The van der Waals surface area contributed by atoms with Gasteiger partial charge in [-0.3, -0.25) is 9.59 Å². The molecule has 2 aromatic rings. The van der Waals surface area contributed by atoms with E-state index < -0.39 is 33.8 Å². The molecule has 31 heavy (non-hydrogen) atoms. The monoisotopic (exact) mass is 443 g/mol. The van der Waals surface area contributed by atoms with Crippen molar-refractivity contribution < 1.29 is 27.9 Å². The molecule has 11 nitrogen and oxygen atoms in total. The molecule has 0 aliphatic carbocycles. The quantitative estimate of drug-likeness (QED) is 0.651. The number of carbonyl (C=O) groups is 3. The molecule has 2 amide bonds. The van der Waals surface area contributed by atoms with Gasteiger partial charge >= 0.3 is 5.97 Å². The first-order valence-corrected chi connectivity index (χ1v) is 10.3. The van der Waals surface area contributed by atoms with E-state index in [1.807, 2.05) is 4.72 Å². The maximum atomic E-state index is 12.7. The summed E-state index contributed by atoms with van der Waals surface area (Å²) in [5, 5.41) is 22.1. The maximum absolute atomic E-state index is 12.7. The molecule has 0 aromatic heterocycles. The van der Waals surface area contributed by atoms with Crippen molar-refractivity contribution in [3.63, 3.8) is 0 Å². The van der Waals surface area contributed by atoms with Crippen LogP contribution in [0.5, 0.6) is 0 Å². The van der Waals surface area contributed by atoms with Crippen LogP contribution in [0.15, 0.2) is 68.8 Å². The third-order valence-corrected chi connectivity index (χ3v) is 5.62. The number of nitrogens with zero attached hydrogens (tertiary/aromatic N) is 4. The van der Waals surface area contributed by atoms with Crippen molar-refractivity contribution in [3.05, 3.63) is 54.1 Å². The first-order valence-electron chi connectivity index (χ1n) is 8.85. The van der Waals surface area contributed by atoms with Crippen LogP contribution < -0.4 is 9.73 Å². The van der Waals surface area contributed by atoms with Crippen molar-refractivity contribution in [2.75, 3.05) is 5.01 Å². The highest BCUT2D eigenvalue weighted by Crippen LogP contribution is 2.25. The second-order valence-corrected chi connectivity index (χ2v) is 8.20. The summed E-state index contributed by atoms with van der Waals surface area (Å²) in [6, 6.07) is 9.96. The van der Waals surface area contributed by atoms with E-state index in [4.69, 9.17) is 5.11 Å². The van der Waals surface area contributed by atoms with E-state index in [0.29, 0.717) is 17.1 Å². The zero-order valence-corrected chi connectivity index (χ0v) is 17.2. The minimum absolute atomic E-state index is 0.101. The number of aromatic carboxylic acids is 1. The summed E-state index contributed by atoms with van der Waals surface area (Å²) in [5.41, 5.74) is 1.17. The van der Waals surface area contributed by atoms with E-state index >= 15 is 0 Å². The molecule has 1 aliphatic rings. The normalized spacial score (nSPS) is 16.5. The number of carbonyl (C=O) groups excluding carboxylic acids is 2. The number of hydrogen-bond donors (Lipinski definition) is 2. The summed E-state index contributed by atoms with van der Waals surface area (Å²) >= 11 is 0. The topological polar surface area (TPSA) is 158 Å². The predicted octanol–water partition coefficient (Wildman–Crippen LogP) is 2.08. The number of hydrazone groups is 1. The van der Waals surface area contributed by atoms with Crippen LogP contribution in [0.2, 0.25) is 0 Å². The van der Waals surface area contributed by atoms with Crippen LogP contribution in [0.4, 0.5) is 11.4 Å². The average molecular weight is 443 g/mol. The lowest BCUT2D eigenvalue weighted by Crippen LogP contribution is -2.30. The Morgan fingerprint density at radius 3 is 2.26 bits per heavy atom. The van der Waals surface area contributed by atoms with E-state index in [9.17, 15) is 22.8 Å². The second kappa shape index (κ2) is 8.44. The number of anilines is 1. The summed E-state index contributed by atoms with van der Waals surface area (Å²) in [6.45, 7) is 2.69. The standard InChI is InChI=1S/C19H17N5O6S/c1-11-17(21-20-14-5-3-13(4-6-14)19(27)28)18(26)24(22-11)15-7-9-16(10-8-15)31(29,30)23-12(2)25/h3-10,17H,1-2H3,(H,23,25)(H,27,28). The number of amides is 2. The Balaban J connectivity index is 1.76. The zero-order chi connectivity index (χ0) is 22.8. The van der Waals surface area contributed by atoms with Gasteiger partial charge in [0, 0.05) is 6.92 Å². The Hall–Kier alpha value is -3.93. The Bertz CT molecular complexity index is 1200. The van der Waals surface area contributed by atoms with Crippen LogP contribution in [-0.4, -0.2) is 43.1 Å². The Kier molecular flexibility index (Phi) is 5.92. The van der Waals surface area contributed by atoms with Gasteiger partial charge in [0.15, 0.2) is 6.04 Å². The number of sulfonamides is 1. The molecular formula is C19H17N5O6S. The van der Waals surface area contributed by atoms with Crippen LogP contribution in [-0.2, 0) is 19.6 Å². The van der Waals surface area contributed by atoms with Gasteiger partial charge in [-0.15, -0.1) is 0 Å². The van der Waals surface area contributed by atoms with Gasteiger partial charge < -0.3 is 5.11 Å². The molecule has 0 spiro atoms. The minimum Gasteiger partial charge on any atom is -0.478 e. The highest BCUT2D eigenvalue weighted by atomic mass is 32.2. The molecule has 1 heterocycles. The number of hydrogen-bond acceptors (Lipinski definition) is 8. The van der Waals surface area contributed by atoms with Crippen molar-refractivity contribution in [2.24, 2.45) is 15.3 Å². The van der Waals surface area contributed by atoms with Crippen molar-refractivity contribution in [1.29, 1.82) is 0 Å². The molecule has 0 radical (unpaired) electrons. The largest absolute Gasteiger partial charge is 0.478 e. The van der Waals surface area contributed by atoms with Crippen LogP contribution >= 0.6 is 0 Å². The van der Waals surface area contributed by atoms with E-state index in [1.54, 1.807) is 6.92 Å². The summed E-state index contributed by atoms with van der Waals surface area (Å²) in [5.74, 6) is -2.27. The summed E-state index contributed by atoms with van der Waals surface area (Å²) in [6.07, 6.45) is 0. The molecule has 0 bridgehead atoms. The molecular weight excluding hydrogens is 426 g/mol. The van der Waals surface area contributed by atoms with Gasteiger partial charge in [-0.1, -0.05) is 0 Å². The summed E-state index contributed by atoms with van der Waals surface area (Å²) in [4.78, 5) is 34.5. The third-order valence-electron chi connectivity index (χ3n) is 4.17. The molecule has 12 heteroatoms. The van der Waals surface area contributed by atoms with Gasteiger partial charge in [-0.05, 0) is 55.5 Å². The minimum atomic E-state index is -3.99. The highest BCUT2D eigenvalue weighted by Gasteiger charge is 2.35. The fraction of sp³-hybridized carbons (Fsp3) is 0.158. The average Bonchev–Trinajstić information content (AvgIpc) is 2.99. The molecule has 1 atom stereocenters. The molecule has 0 fully saturated rings. The van der Waals surface area contributed by atoms with Crippen molar-refractivity contribution in [3.8, 4) is 0 Å². The summed E-state index contributed by atoms with van der Waals surface area (Å²) < 4.78 is 25.9. The molecule has 2 N–H and O–H groups in total. The van der Waals surface area contributed by atoms with Gasteiger partial charge in [-0.2, -0.15) is 20.3 Å². The predicted molar refractivity (Wildman–Crippen MR) is 110 cm³/mol.